The van der Waals surface area contributed by atoms with Crippen molar-refractivity contribution in [2.75, 3.05) is 5.75 Å². The van der Waals surface area contributed by atoms with Crippen molar-refractivity contribution in [3.05, 3.63) is 54.1 Å². The summed E-state index contributed by atoms with van der Waals surface area (Å²) in [6.45, 7) is 0. The van der Waals surface area contributed by atoms with E-state index in [1.807, 2.05) is 24.3 Å². The third kappa shape index (κ3) is 6.32. The van der Waals surface area contributed by atoms with Crippen LogP contribution in [0.15, 0.2) is 58.8 Å². The van der Waals surface area contributed by atoms with Gasteiger partial charge in [-0.1, -0.05) is 12.1 Å². The molecule has 2 rings (SSSR count). The Morgan fingerprint density at radius 3 is 1.87 bits per heavy atom. The number of halogens is 3. The molecule has 0 bridgehead atoms. The number of rotatable bonds is 6. The van der Waals surface area contributed by atoms with Gasteiger partial charge in [-0.25, -0.2) is 0 Å². The van der Waals surface area contributed by atoms with Crippen LogP contribution in [0.1, 0.15) is 12.0 Å². The molecule has 0 fully saturated rings. The molecule has 0 saturated heterocycles. The van der Waals surface area contributed by atoms with Crippen LogP contribution in [0.5, 0.6) is 5.75 Å². The summed E-state index contributed by atoms with van der Waals surface area (Å²) < 4.78 is 39.9. The van der Waals surface area contributed by atoms with Crippen LogP contribution in [0.2, 0.25) is 0 Å². The Morgan fingerprint density at radius 1 is 0.870 bits per heavy atom. The molecule has 0 heterocycles. The SMILES string of the molecule is FC(F)(F)Oc1ccc(N=Nc2ccc(CCCS)cc2)cc1. The first-order valence-electron chi connectivity index (χ1n) is 6.93. The first-order valence-corrected chi connectivity index (χ1v) is 7.57. The molecular formula is C16H15F3N2OS. The fourth-order valence-electron chi connectivity index (χ4n) is 1.84. The molecule has 0 aliphatic heterocycles. The molecule has 0 saturated carbocycles. The van der Waals surface area contributed by atoms with E-state index < -0.39 is 6.36 Å². The molecule has 0 aliphatic rings. The molecule has 0 spiro atoms. The summed E-state index contributed by atoms with van der Waals surface area (Å²) in [6, 6.07) is 12.8. The normalized spacial score (nSPS) is 11.8. The first-order chi connectivity index (χ1) is 11.0. The third-order valence-electron chi connectivity index (χ3n) is 2.91. The second kappa shape index (κ2) is 8.01. The molecule has 0 N–H and O–H groups in total. The zero-order chi connectivity index (χ0) is 16.7. The standard InChI is InChI=1S/C16H15F3N2OS/c17-16(18,19)22-15-9-7-14(8-10-15)21-20-13-5-3-12(4-6-13)2-1-11-23/h3-10,23H,1-2,11H2. The molecule has 2 aromatic rings. The molecule has 0 aliphatic carbocycles. The van der Waals surface area contributed by atoms with Crippen molar-refractivity contribution in [2.24, 2.45) is 10.2 Å². The van der Waals surface area contributed by atoms with Crippen molar-refractivity contribution in [1.82, 2.24) is 0 Å². The average molecular weight is 340 g/mol. The van der Waals surface area contributed by atoms with Gasteiger partial charge in [-0.05, 0) is 60.6 Å². The van der Waals surface area contributed by atoms with E-state index in [-0.39, 0.29) is 5.75 Å². The van der Waals surface area contributed by atoms with Crippen LogP contribution in [-0.4, -0.2) is 12.1 Å². The minimum absolute atomic E-state index is 0.287. The second-order valence-corrected chi connectivity index (χ2v) is 5.18. The van der Waals surface area contributed by atoms with Gasteiger partial charge in [-0.3, -0.25) is 0 Å². The van der Waals surface area contributed by atoms with Crippen molar-refractivity contribution in [2.45, 2.75) is 19.2 Å². The van der Waals surface area contributed by atoms with Gasteiger partial charge in [-0.15, -0.1) is 13.2 Å². The molecular weight excluding hydrogens is 325 g/mol. The van der Waals surface area contributed by atoms with Crippen LogP contribution in [0.3, 0.4) is 0 Å². The Kier molecular flexibility index (Phi) is 6.04. The van der Waals surface area contributed by atoms with Gasteiger partial charge in [0.05, 0.1) is 11.4 Å². The Hall–Kier alpha value is -2.02. The number of hydrogen-bond donors (Lipinski definition) is 1. The first kappa shape index (κ1) is 17.3. The highest BCUT2D eigenvalue weighted by Gasteiger charge is 2.30. The molecule has 0 unspecified atom stereocenters. The lowest BCUT2D eigenvalue weighted by molar-refractivity contribution is -0.274. The summed E-state index contributed by atoms with van der Waals surface area (Å²) in [4.78, 5) is 0. The van der Waals surface area contributed by atoms with Crippen LogP contribution in [0.25, 0.3) is 0 Å². The van der Waals surface area contributed by atoms with E-state index in [0.717, 1.165) is 18.6 Å². The van der Waals surface area contributed by atoms with Crippen molar-refractivity contribution in [3.8, 4) is 5.75 Å². The number of aryl methyl sites for hydroxylation is 1. The van der Waals surface area contributed by atoms with Gasteiger partial charge in [0.25, 0.3) is 0 Å². The Bertz CT molecular complexity index is 640. The highest BCUT2D eigenvalue weighted by atomic mass is 32.1. The van der Waals surface area contributed by atoms with Crippen LogP contribution in [-0.2, 0) is 6.42 Å². The highest BCUT2D eigenvalue weighted by Crippen LogP contribution is 2.26. The van der Waals surface area contributed by atoms with E-state index in [9.17, 15) is 13.2 Å². The van der Waals surface area contributed by atoms with E-state index in [0.29, 0.717) is 11.4 Å². The lowest BCUT2D eigenvalue weighted by Gasteiger charge is -2.08. The second-order valence-electron chi connectivity index (χ2n) is 4.74. The predicted molar refractivity (Wildman–Crippen MR) is 85.9 cm³/mol. The maximum absolute atomic E-state index is 12.1. The molecule has 7 heteroatoms. The van der Waals surface area contributed by atoms with Crippen LogP contribution in [0.4, 0.5) is 24.5 Å². The number of alkyl halides is 3. The van der Waals surface area contributed by atoms with Gasteiger partial charge in [0, 0.05) is 0 Å². The Labute approximate surface area is 137 Å². The van der Waals surface area contributed by atoms with Crippen molar-refractivity contribution >= 4 is 24.0 Å². The highest BCUT2D eigenvalue weighted by molar-refractivity contribution is 7.80. The van der Waals surface area contributed by atoms with Gasteiger partial charge in [-0.2, -0.15) is 22.9 Å². The summed E-state index contributed by atoms with van der Waals surface area (Å²) in [5.74, 6) is 0.556. The number of azo groups is 1. The van der Waals surface area contributed by atoms with Gasteiger partial charge >= 0.3 is 6.36 Å². The molecule has 0 radical (unpaired) electrons. The summed E-state index contributed by atoms with van der Waals surface area (Å²) in [5.41, 5.74) is 2.32. The van der Waals surface area contributed by atoms with Gasteiger partial charge in [0.2, 0.25) is 0 Å². The van der Waals surface area contributed by atoms with Crippen molar-refractivity contribution in [1.29, 1.82) is 0 Å². The minimum atomic E-state index is -4.70. The fraction of sp³-hybridized carbons (Fsp3) is 0.250. The lowest BCUT2D eigenvalue weighted by atomic mass is 10.1. The molecule has 0 atom stereocenters. The zero-order valence-electron chi connectivity index (χ0n) is 12.1. The molecule has 0 aromatic heterocycles. The van der Waals surface area contributed by atoms with Crippen molar-refractivity contribution in [3.63, 3.8) is 0 Å². The van der Waals surface area contributed by atoms with Crippen molar-refractivity contribution < 1.29 is 17.9 Å². The number of thiol groups is 1. The molecule has 0 amide bonds. The number of hydrogen-bond acceptors (Lipinski definition) is 4. The maximum Gasteiger partial charge on any atom is 0.573 e. The Balaban J connectivity index is 1.97. The number of nitrogens with zero attached hydrogens (tertiary/aromatic N) is 2. The van der Waals surface area contributed by atoms with Gasteiger partial charge in [0.15, 0.2) is 0 Å². The fourth-order valence-corrected chi connectivity index (χ4v) is 2.00. The summed E-state index contributed by atoms with van der Waals surface area (Å²) in [7, 11) is 0. The largest absolute Gasteiger partial charge is 0.573 e. The summed E-state index contributed by atoms with van der Waals surface area (Å²) in [5, 5.41) is 8.03. The number of benzene rings is 2. The molecule has 23 heavy (non-hydrogen) atoms. The lowest BCUT2D eigenvalue weighted by Crippen LogP contribution is -2.16. The molecule has 3 nitrogen and oxygen atoms in total. The quantitative estimate of drug-likeness (QED) is 0.518. The van der Waals surface area contributed by atoms with Crippen LogP contribution >= 0.6 is 12.6 Å². The predicted octanol–water partition coefficient (Wildman–Crippen LogP) is 5.86. The van der Waals surface area contributed by atoms with Gasteiger partial charge in [0.1, 0.15) is 5.75 Å². The zero-order valence-corrected chi connectivity index (χ0v) is 13.0. The molecule has 122 valence electrons. The van der Waals surface area contributed by atoms with Gasteiger partial charge < -0.3 is 4.74 Å². The smallest absolute Gasteiger partial charge is 0.406 e. The maximum atomic E-state index is 12.1. The monoisotopic (exact) mass is 340 g/mol. The van der Waals surface area contributed by atoms with E-state index in [4.69, 9.17) is 0 Å². The van der Waals surface area contributed by atoms with E-state index in [1.165, 1.54) is 29.8 Å². The third-order valence-corrected chi connectivity index (χ3v) is 3.23. The number of ether oxygens (including phenoxy) is 1. The summed E-state index contributed by atoms with van der Waals surface area (Å²) >= 11 is 4.17. The van der Waals surface area contributed by atoms with Crippen LogP contribution in [0, 0.1) is 0 Å². The van der Waals surface area contributed by atoms with Crippen LogP contribution < -0.4 is 4.74 Å². The molecule has 2 aromatic carbocycles. The van der Waals surface area contributed by atoms with E-state index in [2.05, 4.69) is 27.6 Å². The van der Waals surface area contributed by atoms with E-state index >= 15 is 0 Å². The Morgan fingerprint density at radius 2 is 1.39 bits per heavy atom. The minimum Gasteiger partial charge on any atom is -0.406 e. The summed E-state index contributed by atoms with van der Waals surface area (Å²) in [6.07, 6.45) is -2.73. The van der Waals surface area contributed by atoms with E-state index in [1.54, 1.807) is 0 Å². The average Bonchev–Trinajstić information content (AvgIpc) is 2.52. The topological polar surface area (TPSA) is 34.0 Å².